The van der Waals surface area contributed by atoms with Gasteiger partial charge in [0.15, 0.2) is 0 Å². The van der Waals surface area contributed by atoms with Crippen LogP contribution in [0.1, 0.15) is 63.9 Å². The van der Waals surface area contributed by atoms with E-state index < -0.39 is 6.09 Å². The summed E-state index contributed by atoms with van der Waals surface area (Å²) in [7, 11) is 0. The minimum Gasteiger partial charge on any atom is -0.465 e. The van der Waals surface area contributed by atoms with Crippen molar-refractivity contribution in [2.75, 3.05) is 5.32 Å². The molecule has 3 heteroatoms. The zero-order valence-corrected chi connectivity index (χ0v) is 12.5. The number of carboxylic acid groups (broad SMARTS) is 1. The van der Waals surface area contributed by atoms with E-state index in [2.05, 4.69) is 12.2 Å². The van der Waals surface area contributed by atoms with Crippen molar-refractivity contribution in [1.82, 2.24) is 0 Å². The maximum Gasteiger partial charge on any atom is 0.409 e. The number of para-hydroxylation sites is 1. The molecule has 1 rings (SSSR count). The maximum absolute atomic E-state index is 10.7. The predicted molar refractivity (Wildman–Crippen MR) is 84.4 cm³/mol. The first-order chi connectivity index (χ1) is 9.74. The molecule has 0 aliphatic heterocycles. The maximum atomic E-state index is 10.7. The summed E-state index contributed by atoms with van der Waals surface area (Å²) in [4.78, 5) is 10.7. The van der Waals surface area contributed by atoms with Gasteiger partial charge < -0.3 is 5.11 Å². The smallest absolute Gasteiger partial charge is 0.409 e. The van der Waals surface area contributed by atoms with Gasteiger partial charge in [-0.25, -0.2) is 4.79 Å². The minimum absolute atomic E-state index is 0.725. The van der Waals surface area contributed by atoms with Crippen LogP contribution in [0.25, 0.3) is 0 Å². The molecule has 0 heterocycles. The molecule has 1 amide bonds. The van der Waals surface area contributed by atoms with Crippen molar-refractivity contribution in [3.63, 3.8) is 0 Å². The van der Waals surface area contributed by atoms with E-state index in [9.17, 15) is 4.79 Å². The van der Waals surface area contributed by atoms with E-state index in [1.54, 1.807) is 0 Å². The predicted octanol–water partition coefficient (Wildman–Crippen LogP) is 5.46. The van der Waals surface area contributed by atoms with E-state index in [0.29, 0.717) is 0 Å². The molecule has 0 bridgehead atoms. The van der Waals surface area contributed by atoms with Crippen LogP contribution in [0, 0.1) is 0 Å². The van der Waals surface area contributed by atoms with E-state index >= 15 is 0 Å². The standard InChI is InChI=1S/C17H27NO2/c1-2-3-4-5-6-7-8-9-12-15-13-10-11-14-16(15)18-17(19)20/h10-11,13-14,18H,2-9,12H2,1H3,(H,19,20). The first kappa shape index (κ1) is 16.5. The SMILES string of the molecule is CCCCCCCCCCc1ccccc1NC(=O)O. The fourth-order valence-corrected chi connectivity index (χ4v) is 2.42. The number of unbranched alkanes of at least 4 members (excludes halogenated alkanes) is 7. The summed E-state index contributed by atoms with van der Waals surface area (Å²) >= 11 is 0. The molecule has 0 fully saturated rings. The number of anilines is 1. The number of carbonyl (C=O) groups is 1. The van der Waals surface area contributed by atoms with Gasteiger partial charge in [0.2, 0.25) is 0 Å². The van der Waals surface area contributed by atoms with Crippen LogP contribution in [-0.2, 0) is 6.42 Å². The molecule has 3 nitrogen and oxygen atoms in total. The normalized spacial score (nSPS) is 10.4. The van der Waals surface area contributed by atoms with Gasteiger partial charge in [0.05, 0.1) is 0 Å². The molecule has 0 atom stereocenters. The number of hydrogen-bond acceptors (Lipinski definition) is 1. The summed E-state index contributed by atoms with van der Waals surface area (Å²) in [6.45, 7) is 2.24. The number of amides is 1. The van der Waals surface area contributed by atoms with Crippen molar-refractivity contribution in [2.45, 2.75) is 64.7 Å². The highest BCUT2D eigenvalue weighted by atomic mass is 16.4. The second-order valence-corrected chi connectivity index (χ2v) is 5.31. The lowest BCUT2D eigenvalue weighted by Gasteiger charge is -2.08. The van der Waals surface area contributed by atoms with E-state index in [-0.39, 0.29) is 0 Å². The Labute approximate surface area is 122 Å². The molecular formula is C17H27NO2. The van der Waals surface area contributed by atoms with Crippen LogP contribution < -0.4 is 5.32 Å². The average molecular weight is 277 g/mol. The summed E-state index contributed by atoms with van der Waals surface area (Å²) in [5.74, 6) is 0. The summed E-state index contributed by atoms with van der Waals surface area (Å²) < 4.78 is 0. The van der Waals surface area contributed by atoms with Crippen LogP contribution in [0.5, 0.6) is 0 Å². The molecule has 112 valence electrons. The highest BCUT2D eigenvalue weighted by Crippen LogP contribution is 2.18. The molecule has 1 aromatic carbocycles. The van der Waals surface area contributed by atoms with Gasteiger partial charge in [-0.15, -0.1) is 0 Å². The first-order valence-electron chi connectivity index (χ1n) is 7.82. The Bertz CT molecular complexity index is 390. The molecule has 0 saturated carbocycles. The van der Waals surface area contributed by atoms with Gasteiger partial charge in [-0.3, -0.25) is 5.32 Å². The first-order valence-corrected chi connectivity index (χ1v) is 7.82. The molecule has 0 radical (unpaired) electrons. The molecule has 0 spiro atoms. The highest BCUT2D eigenvalue weighted by molar-refractivity contribution is 5.83. The fourth-order valence-electron chi connectivity index (χ4n) is 2.42. The fraction of sp³-hybridized carbons (Fsp3) is 0.588. The number of hydrogen-bond donors (Lipinski definition) is 2. The van der Waals surface area contributed by atoms with Crippen molar-refractivity contribution in [3.8, 4) is 0 Å². The quantitative estimate of drug-likeness (QED) is 0.558. The Morgan fingerprint density at radius 3 is 2.25 bits per heavy atom. The van der Waals surface area contributed by atoms with Crippen molar-refractivity contribution in [2.24, 2.45) is 0 Å². The van der Waals surface area contributed by atoms with Crippen molar-refractivity contribution in [3.05, 3.63) is 29.8 Å². The minimum atomic E-state index is -0.992. The lowest BCUT2D eigenvalue weighted by Crippen LogP contribution is -2.09. The Morgan fingerprint density at radius 1 is 1.00 bits per heavy atom. The zero-order chi connectivity index (χ0) is 14.6. The number of aryl methyl sites for hydroxylation is 1. The molecule has 0 saturated heterocycles. The molecule has 0 aliphatic carbocycles. The van der Waals surface area contributed by atoms with Crippen LogP contribution in [0.3, 0.4) is 0 Å². The topological polar surface area (TPSA) is 49.3 Å². The third-order valence-corrected chi connectivity index (χ3v) is 3.56. The molecule has 0 aliphatic rings. The van der Waals surface area contributed by atoms with Gasteiger partial charge in [-0.1, -0.05) is 70.1 Å². The molecule has 2 N–H and O–H groups in total. The molecule has 0 aromatic heterocycles. The summed E-state index contributed by atoms with van der Waals surface area (Å²) in [5.41, 5.74) is 1.82. The highest BCUT2D eigenvalue weighted by Gasteiger charge is 2.04. The van der Waals surface area contributed by atoms with E-state index in [1.807, 2.05) is 24.3 Å². The van der Waals surface area contributed by atoms with Crippen LogP contribution in [0.2, 0.25) is 0 Å². The molecule has 1 aromatic rings. The lowest BCUT2D eigenvalue weighted by atomic mass is 10.0. The second kappa shape index (κ2) is 10.3. The molecule has 20 heavy (non-hydrogen) atoms. The van der Waals surface area contributed by atoms with Crippen LogP contribution in [0.4, 0.5) is 10.5 Å². The number of rotatable bonds is 10. The third-order valence-electron chi connectivity index (χ3n) is 3.56. The van der Waals surface area contributed by atoms with Gasteiger partial charge in [-0.2, -0.15) is 0 Å². The summed E-state index contributed by atoms with van der Waals surface area (Å²) in [6.07, 6.45) is 10.3. The van der Waals surface area contributed by atoms with Gasteiger partial charge in [0, 0.05) is 5.69 Å². The average Bonchev–Trinajstić information content (AvgIpc) is 2.43. The summed E-state index contributed by atoms with van der Waals surface area (Å²) in [6, 6.07) is 7.66. The van der Waals surface area contributed by atoms with Crippen LogP contribution >= 0.6 is 0 Å². The van der Waals surface area contributed by atoms with E-state index in [1.165, 1.54) is 44.9 Å². The Morgan fingerprint density at radius 2 is 1.60 bits per heavy atom. The van der Waals surface area contributed by atoms with Gasteiger partial charge in [0.25, 0.3) is 0 Å². The Balaban J connectivity index is 2.20. The van der Waals surface area contributed by atoms with Gasteiger partial charge in [-0.05, 0) is 24.5 Å². The molecular weight excluding hydrogens is 250 g/mol. The van der Waals surface area contributed by atoms with Gasteiger partial charge >= 0.3 is 6.09 Å². The lowest BCUT2D eigenvalue weighted by molar-refractivity contribution is 0.209. The Hall–Kier alpha value is -1.51. The number of nitrogens with one attached hydrogen (secondary N) is 1. The van der Waals surface area contributed by atoms with Crippen LogP contribution in [0.15, 0.2) is 24.3 Å². The largest absolute Gasteiger partial charge is 0.465 e. The van der Waals surface area contributed by atoms with Crippen molar-refractivity contribution < 1.29 is 9.90 Å². The van der Waals surface area contributed by atoms with Crippen molar-refractivity contribution in [1.29, 1.82) is 0 Å². The van der Waals surface area contributed by atoms with E-state index in [4.69, 9.17) is 5.11 Å². The van der Waals surface area contributed by atoms with E-state index in [0.717, 1.165) is 24.1 Å². The zero-order valence-electron chi connectivity index (χ0n) is 12.5. The third kappa shape index (κ3) is 7.17. The number of benzene rings is 1. The second-order valence-electron chi connectivity index (χ2n) is 5.31. The Kier molecular flexibility index (Phi) is 8.52. The van der Waals surface area contributed by atoms with Gasteiger partial charge in [0.1, 0.15) is 0 Å². The molecule has 0 unspecified atom stereocenters. The monoisotopic (exact) mass is 277 g/mol. The van der Waals surface area contributed by atoms with Crippen molar-refractivity contribution >= 4 is 11.8 Å². The summed E-state index contributed by atoms with van der Waals surface area (Å²) in [5, 5.41) is 11.3. The van der Waals surface area contributed by atoms with Crippen LogP contribution in [-0.4, -0.2) is 11.2 Å².